The van der Waals surface area contributed by atoms with Crippen LogP contribution in [0.4, 0.5) is 5.69 Å². The van der Waals surface area contributed by atoms with Crippen molar-refractivity contribution in [1.29, 1.82) is 0 Å². The Morgan fingerprint density at radius 2 is 2.08 bits per heavy atom. The zero-order chi connectivity index (χ0) is 18.0. The van der Waals surface area contributed by atoms with Gasteiger partial charge >= 0.3 is 0 Å². The number of phenolic OH excluding ortho intramolecular Hbond substituents is 1. The number of phenols is 1. The highest BCUT2D eigenvalue weighted by Crippen LogP contribution is 2.31. The predicted octanol–water partition coefficient (Wildman–Crippen LogP) is 2.59. The van der Waals surface area contributed by atoms with Gasteiger partial charge < -0.3 is 20.1 Å². The van der Waals surface area contributed by atoms with E-state index in [1.165, 1.54) is 18.2 Å². The van der Waals surface area contributed by atoms with E-state index < -0.39 is 11.9 Å². The van der Waals surface area contributed by atoms with Crippen molar-refractivity contribution in [3.63, 3.8) is 0 Å². The monoisotopic (exact) mass is 360 g/mol. The summed E-state index contributed by atoms with van der Waals surface area (Å²) in [5, 5.41) is 12.4. The molecular weight excluding hydrogens is 344 g/mol. The quantitative estimate of drug-likeness (QED) is 0.878. The Morgan fingerprint density at radius 1 is 1.32 bits per heavy atom. The smallest absolute Gasteiger partial charge is 0.253 e. The van der Waals surface area contributed by atoms with E-state index in [1.807, 2.05) is 12.1 Å². The number of rotatable bonds is 4. The molecule has 0 saturated carbocycles. The molecule has 6 nitrogen and oxygen atoms in total. The molecule has 0 aromatic heterocycles. The number of hydrogen-bond acceptors (Lipinski definition) is 4. The van der Waals surface area contributed by atoms with Crippen LogP contribution in [0.3, 0.4) is 0 Å². The second-order valence-electron chi connectivity index (χ2n) is 5.64. The van der Waals surface area contributed by atoms with Crippen molar-refractivity contribution in [3.8, 4) is 11.5 Å². The van der Waals surface area contributed by atoms with E-state index in [9.17, 15) is 14.7 Å². The number of carbonyl (C=O) groups is 2. The molecule has 0 spiro atoms. The summed E-state index contributed by atoms with van der Waals surface area (Å²) in [5.41, 5.74) is 0.798. The topological polar surface area (TPSA) is 78.9 Å². The molecule has 0 aliphatic carbocycles. The minimum absolute atomic E-state index is 0.0667. The van der Waals surface area contributed by atoms with E-state index in [1.54, 1.807) is 24.1 Å². The Morgan fingerprint density at radius 3 is 2.84 bits per heavy atom. The minimum atomic E-state index is -0.657. The van der Waals surface area contributed by atoms with Crippen molar-refractivity contribution < 1.29 is 19.4 Å². The molecule has 2 aromatic rings. The Balaban J connectivity index is 1.76. The molecule has 1 heterocycles. The van der Waals surface area contributed by atoms with Gasteiger partial charge in [-0.3, -0.25) is 9.59 Å². The third-order valence-corrected chi connectivity index (χ3v) is 4.41. The van der Waals surface area contributed by atoms with Gasteiger partial charge in [0, 0.05) is 6.54 Å². The fourth-order valence-corrected chi connectivity index (χ4v) is 3.03. The summed E-state index contributed by atoms with van der Waals surface area (Å²) >= 11 is 5.99. The highest BCUT2D eigenvalue weighted by atomic mass is 35.5. The van der Waals surface area contributed by atoms with Crippen molar-refractivity contribution >= 4 is 29.1 Å². The first kappa shape index (κ1) is 17.1. The average Bonchev–Trinajstić information content (AvgIpc) is 2.97. The van der Waals surface area contributed by atoms with Crippen molar-refractivity contribution in [2.24, 2.45) is 0 Å². The number of benzene rings is 2. The van der Waals surface area contributed by atoms with Crippen molar-refractivity contribution in [3.05, 3.63) is 53.1 Å². The van der Waals surface area contributed by atoms with Crippen LogP contribution in [0.25, 0.3) is 0 Å². The van der Waals surface area contributed by atoms with E-state index in [0.29, 0.717) is 24.4 Å². The van der Waals surface area contributed by atoms with Crippen molar-refractivity contribution in [2.75, 3.05) is 18.6 Å². The molecule has 1 aliphatic heterocycles. The predicted molar refractivity (Wildman–Crippen MR) is 94.3 cm³/mol. The Hall–Kier alpha value is -2.73. The van der Waals surface area contributed by atoms with Gasteiger partial charge in [0.1, 0.15) is 17.5 Å². The third-order valence-electron chi connectivity index (χ3n) is 4.08. The van der Waals surface area contributed by atoms with Gasteiger partial charge in [-0.05, 0) is 36.8 Å². The number of anilines is 1. The molecule has 0 bridgehead atoms. The van der Waals surface area contributed by atoms with Gasteiger partial charge in [-0.15, -0.1) is 0 Å². The summed E-state index contributed by atoms with van der Waals surface area (Å²) in [6.07, 6.45) is 0.471. The Kier molecular flexibility index (Phi) is 4.81. The van der Waals surface area contributed by atoms with Gasteiger partial charge in [0.25, 0.3) is 5.91 Å². The molecule has 7 heteroatoms. The second-order valence-corrected chi connectivity index (χ2v) is 6.05. The summed E-state index contributed by atoms with van der Waals surface area (Å²) in [6.45, 7) is 0.470. The van der Waals surface area contributed by atoms with Gasteiger partial charge in [0.2, 0.25) is 5.91 Å². The van der Waals surface area contributed by atoms with Crippen LogP contribution in [0.15, 0.2) is 42.5 Å². The number of aromatic hydroxyl groups is 1. The summed E-state index contributed by atoms with van der Waals surface area (Å²) in [5.74, 6) is -0.183. The van der Waals surface area contributed by atoms with Crippen LogP contribution in [0.5, 0.6) is 11.5 Å². The van der Waals surface area contributed by atoms with E-state index in [2.05, 4.69) is 5.32 Å². The molecule has 1 saturated heterocycles. The summed E-state index contributed by atoms with van der Waals surface area (Å²) in [6, 6.07) is 10.7. The Bertz CT molecular complexity index is 824. The van der Waals surface area contributed by atoms with Gasteiger partial charge in [0.05, 0.1) is 23.4 Å². The van der Waals surface area contributed by atoms with Gasteiger partial charge in [-0.1, -0.05) is 23.7 Å². The van der Waals surface area contributed by atoms with Crippen molar-refractivity contribution in [1.82, 2.24) is 5.32 Å². The van der Waals surface area contributed by atoms with Crippen molar-refractivity contribution in [2.45, 2.75) is 12.5 Å². The number of ether oxygens (including phenoxy) is 1. The molecule has 2 amide bonds. The number of amides is 2. The van der Waals surface area contributed by atoms with Crippen LogP contribution < -0.4 is 15.0 Å². The lowest BCUT2D eigenvalue weighted by Gasteiger charge is -2.19. The molecule has 25 heavy (non-hydrogen) atoms. The standard InChI is InChI=1S/C18H17ClN2O4/c1-25-16-5-3-2-4-15(16)21-9-8-14(18(21)24)20-17(23)12-10-11(22)6-7-13(12)19/h2-7,10,14,22H,8-9H2,1H3,(H,20,23). The number of methoxy groups -OCH3 is 1. The van der Waals surface area contributed by atoms with Crippen LogP contribution >= 0.6 is 11.6 Å². The number of para-hydroxylation sites is 2. The molecule has 1 fully saturated rings. The zero-order valence-electron chi connectivity index (χ0n) is 13.5. The van der Waals surface area contributed by atoms with Crippen LogP contribution in [-0.4, -0.2) is 36.6 Å². The highest BCUT2D eigenvalue weighted by Gasteiger charge is 2.35. The normalized spacial score (nSPS) is 16.8. The zero-order valence-corrected chi connectivity index (χ0v) is 14.3. The largest absolute Gasteiger partial charge is 0.508 e. The second kappa shape index (κ2) is 7.03. The molecule has 3 rings (SSSR count). The first-order valence-corrected chi connectivity index (χ1v) is 8.13. The summed E-state index contributed by atoms with van der Waals surface area (Å²) < 4.78 is 5.29. The Labute approximate surface area is 150 Å². The van der Waals surface area contributed by atoms with E-state index in [0.717, 1.165) is 0 Å². The van der Waals surface area contributed by atoms with E-state index in [4.69, 9.17) is 16.3 Å². The fraction of sp³-hybridized carbons (Fsp3) is 0.222. The average molecular weight is 361 g/mol. The molecular formula is C18H17ClN2O4. The molecule has 1 unspecified atom stereocenters. The van der Waals surface area contributed by atoms with Gasteiger partial charge in [-0.25, -0.2) is 0 Å². The van der Waals surface area contributed by atoms with Crippen LogP contribution in [-0.2, 0) is 4.79 Å². The molecule has 2 N–H and O–H groups in total. The maximum absolute atomic E-state index is 12.7. The molecule has 130 valence electrons. The molecule has 1 atom stereocenters. The number of nitrogens with zero attached hydrogens (tertiary/aromatic N) is 1. The molecule has 2 aromatic carbocycles. The summed E-state index contributed by atoms with van der Waals surface area (Å²) in [4.78, 5) is 26.6. The summed E-state index contributed by atoms with van der Waals surface area (Å²) in [7, 11) is 1.54. The molecule has 0 radical (unpaired) electrons. The first-order valence-electron chi connectivity index (χ1n) is 7.75. The fourth-order valence-electron chi connectivity index (χ4n) is 2.83. The number of hydrogen-bond donors (Lipinski definition) is 2. The number of carbonyl (C=O) groups excluding carboxylic acids is 2. The van der Waals surface area contributed by atoms with Crippen LogP contribution in [0.1, 0.15) is 16.8 Å². The lowest BCUT2D eigenvalue weighted by molar-refractivity contribution is -0.118. The minimum Gasteiger partial charge on any atom is -0.508 e. The van der Waals surface area contributed by atoms with Gasteiger partial charge in [0.15, 0.2) is 0 Å². The van der Waals surface area contributed by atoms with Gasteiger partial charge in [-0.2, -0.15) is 0 Å². The van der Waals surface area contributed by atoms with E-state index >= 15 is 0 Å². The maximum atomic E-state index is 12.7. The lowest BCUT2D eigenvalue weighted by atomic mass is 10.1. The molecule has 1 aliphatic rings. The lowest BCUT2D eigenvalue weighted by Crippen LogP contribution is -2.41. The SMILES string of the molecule is COc1ccccc1N1CCC(NC(=O)c2cc(O)ccc2Cl)C1=O. The maximum Gasteiger partial charge on any atom is 0.253 e. The third kappa shape index (κ3) is 3.39. The van der Waals surface area contributed by atoms with Crippen LogP contribution in [0, 0.1) is 0 Å². The van der Waals surface area contributed by atoms with E-state index in [-0.39, 0.29) is 22.2 Å². The first-order chi connectivity index (χ1) is 12.0. The highest BCUT2D eigenvalue weighted by molar-refractivity contribution is 6.34. The number of nitrogens with one attached hydrogen (secondary N) is 1. The number of halogens is 1. The van der Waals surface area contributed by atoms with Crippen LogP contribution in [0.2, 0.25) is 5.02 Å².